The summed E-state index contributed by atoms with van der Waals surface area (Å²) in [6.07, 6.45) is 9.72. The third-order valence-corrected chi connectivity index (χ3v) is 15.4. The molecule has 0 unspecified atom stereocenters. The molecule has 2 aliphatic rings. The minimum Gasteiger partial charge on any atom is -0.414 e. The van der Waals surface area contributed by atoms with Gasteiger partial charge in [0.15, 0.2) is 8.32 Å². The number of allylic oxidation sites excluding steroid dienone is 3. The van der Waals surface area contributed by atoms with E-state index >= 15 is 0 Å². The van der Waals surface area contributed by atoms with Crippen LogP contribution in [0, 0.1) is 22.7 Å². The first-order valence-electron chi connectivity index (χ1n) is 13.7. The molecule has 0 aromatic carbocycles. The summed E-state index contributed by atoms with van der Waals surface area (Å²) in [5, 5.41) is 0.149. The normalized spacial score (nSPS) is 31.9. The van der Waals surface area contributed by atoms with Gasteiger partial charge in [0.2, 0.25) is 0 Å². The molecule has 0 aliphatic heterocycles. The molecule has 0 spiro atoms. The molecule has 0 heterocycles. The lowest BCUT2D eigenvalue weighted by Gasteiger charge is -2.48. The lowest BCUT2D eigenvalue weighted by molar-refractivity contribution is -0.0535. The van der Waals surface area contributed by atoms with E-state index in [2.05, 4.69) is 64.9 Å². The number of hydrogen-bond donors (Lipinski definition) is 0. The fourth-order valence-corrected chi connectivity index (χ4v) is 7.52. The van der Waals surface area contributed by atoms with Crippen LogP contribution in [0.15, 0.2) is 23.5 Å². The van der Waals surface area contributed by atoms with E-state index in [-0.39, 0.29) is 34.2 Å². The van der Waals surface area contributed by atoms with E-state index < -0.39 is 29.4 Å². The molecule has 9 heteroatoms. The van der Waals surface area contributed by atoms with Crippen LogP contribution >= 0.6 is 0 Å². The maximum absolute atomic E-state index is 13.0. The van der Waals surface area contributed by atoms with Gasteiger partial charge in [-0.1, -0.05) is 67.0 Å². The van der Waals surface area contributed by atoms with E-state index in [0.29, 0.717) is 12.8 Å². The monoisotopic (exact) mass is 566 g/mol. The van der Waals surface area contributed by atoms with E-state index in [1.165, 1.54) is 11.6 Å². The minimum atomic E-state index is -5.68. The largest absolute Gasteiger partial charge is 0.534 e. The van der Waals surface area contributed by atoms with Crippen LogP contribution in [-0.4, -0.2) is 28.3 Å². The predicted molar refractivity (Wildman–Crippen MR) is 147 cm³/mol. The van der Waals surface area contributed by atoms with Crippen molar-refractivity contribution in [2.24, 2.45) is 22.7 Å². The maximum atomic E-state index is 13.0. The van der Waals surface area contributed by atoms with Crippen molar-refractivity contribution < 1.29 is 30.2 Å². The fourth-order valence-electron chi connectivity index (χ4n) is 5.54. The van der Waals surface area contributed by atoms with Gasteiger partial charge in [0.05, 0.1) is 0 Å². The third-order valence-electron chi connectivity index (χ3n) is 9.86. The minimum absolute atomic E-state index is 0.00896. The third kappa shape index (κ3) is 6.86. The molecule has 216 valence electrons. The van der Waals surface area contributed by atoms with Gasteiger partial charge in [-0.05, 0) is 86.4 Å². The average molecular weight is 567 g/mol. The number of rotatable bonds is 9. The molecular formula is C28H49F3O4SSi. The Bertz CT molecular complexity index is 980. The lowest BCUT2D eigenvalue weighted by atomic mass is 9.61. The molecule has 2 rings (SSSR count). The Morgan fingerprint density at radius 3 is 2.32 bits per heavy atom. The number of halogens is 3. The molecule has 1 saturated carbocycles. The molecule has 1 fully saturated rings. The maximum Gasteiger partial charge on any atom is 0.534 e. The van der Waals surface area contributed by atoms with Gasteiger partial charge >= 0.3 is 15.6 Å². The second kappa shape index (κ2) is 11.0. The van der Waals surface area contributed by atoms with E-state index in [1.807, 2.05) is 13.8 Å². The van der Waals surface area contributed by atoms with Gasteiger partial charge in [-0.15, -0.1) is 0 Å². The van der Waals surface area contributed by atoms with Crippen LogP contribution in [0.4, 0.5) is 13.2 Å². The second-order valence-electron chi connectivity index (χ2n) is 13.3. The summed E-state index contributed by atoms with van der Waals surface area (Å²) in [6.45, 7) is 21.8. The molecule has 0 aromatic rings. The summed E-state index contributed by atoms with van der Waals surface area (Å²) in [5.74, 6) is 0.194. The molecule has 4 nitrogen and oxygen atoms in total. The van der Waals surface area contributed by atoms with Crippen molar-refractivity contribution in [2.75, 3.05) is 0 Å². The zero-order valence-electron chi connectivity index (χ0n) is 24.5. The summed E-state index contributed by atoms with van der Waals surface area (Å²) < 4.78 is 74.0. The first kappa shape index (κ1) is 32.4. The summed E-state index contributed by atoms with van der Waals surface area (Å²) in [5.41, 5.74) is -4.83. The number of hydrogen-bond acceptors (Lipinski definition) is 4. The Hall–Kier alpha value is -0.803. The van der Waals surface area contributed by atoms with Crippen molar-refractivity contribution in [2.45, 2.75) is 130 Å². The van der Waals surface area contributed by atoms with Gasteiger partial charge < -0.3 is 8.61 Å². The van der Waals surface area contributed by atoms with Crippen molar-refractivity contribution in [1.82, 2.24) is 0 Å². The van der Waals surface area contributed by atoms with E-state index in [9.17, 15) is 21.6 Å². The Labute approximate surface area is 224 Å². The Morgan fingerprint density at radius 2 is 1.81 bits per heavy atom. The Kier molecular flexibility index (Phi) is 9.63. The van der Waals surface area contributed by atoms with Crippen LogP contribution in [0.2, 0.25) is 18.1 Å². The summed E-state index contributed by atoms with van der Waals surface area (Å²) in [7, 11) is -7.57. The Balaban J connectivity index is 2.18. The SMILES string of the molecule is CC/C=C1/C[C@@H](O[Si](C)(C)C(C)(C)C)CC[C@]1(C)[C@H](C)CC[C@]1(C)C(OS(=O)(=O)C(F)(F)F)=CC[C@H]1C. The van der Waals surface area contributed by atoms with Gasteiger partial charge in [-0.25, -0.2) is 0 Å². The van der Waals surface area contributed by atoms with E-state index in [1.54, 1.807) is 0 Å². The molecule has 0 aromatic heterocycles. The van der Waals surface area contributed by atoms with Gasteiger partial charge in [-0.3, -0.25) is 0 Å². The molecule has 0 bridgehead atoms. The quantitative estimate of drug-likeness (QED) is 0.121. The van der Waals surface area contributed by atoms with Gasteiger partial charge in [0.25, 0.3) is 0 Å². The smallest absolute Gasteiger partial charge is 0.414 e. The highest BCUT2D eigenvalue weighted by molar-refractivity contribution is 7.87. The van der Waals surface area contributed by atoms with Crippen molar-refractivity contribution in [1.29, 1.82) is 0 Å². The van der Waals surface area contributed by atoms with Gasteiger partial charge in [0.1, 0.15) is 5.76 Å². The summed E-state index contributed by atoms with van der Waals surface area (Å²) in [6, 6.07) is 0. The van der Waals surface area contributed by atoms with E-state index in [4.69, 9.17) is 4.43 Å². The van der Waals surface area contributed by atoms with Crippen LogP contribution < -0.4 is 0 Å². The molecule has 0 amide bonds. The zero-order chi connectivity index (χ0) is 28.7. The number of alkyl halides is 3. The Morgan fingerprint density at radius 1 is 1.22 bits per heavy atom. The van der Waals surface area contributed by atoms with Crippen LogP contribution in [0.25, 0.3) is 0 Å². The average Bonchev–Trinajstić information content (AvgIpc) is 3.01. The van der Waals surface area contributed by atoms with Crippen molar-refractivity contribution in [3.63, 3.8) is 0 Å². The molecule has 0 N–H and O–H groups in total. The standard InChI is InChI=1S/C28H49F3O4SSi/c1-11-12-22-19-23(35-37(9,10)25(4,5)6)16-18-26(22,7)21(3)15-17-27(8)20(2)13-14-24(27)34-36(32,33)28(29,30)31/h12,14,20-21,23H,11,13,15-19H2,1-10H3/b22-12-/t20-,21-,23+,26-,27+/m1/s1. The van der Waals surface area contributed by atoms with Gasteiger partial charge in [-0.2, -0.15) is 21.6 Å². The highest BCUT2D eigenvalue weighted by Crippen LogP contribution is 2.54. The fraction of sp³-hybridized carbons (Fsp3) is 0.857. The molecular weight excluding hydrogens is 517 g/mol. The van der Waals surface area contributed by atoms with Gasteiger partial charge in [0, 0.05) is 11.5 Å². The topological polar surface area (TPSA) is 52.6 Å². The van der Waals surface area contributed by atoms with Crippen molar-refractivity contribution in [3.8, 4) is 0 Å². The molecule has 5 atom stereocenters. The first-order valence-corrected chi connectivity index (χ1v) is 18.0. The van der Waals surface area contributed by atoms with Crippen molar-refractivity contribution >= 4 is 18.4 Å². The lowest BCUT2D eigenvalue weighted by Crippen LogP contribution is -2.46. The van der Waals surface area contributed by atoms with Crippen LogP contribution in [-0.2, 0) is 18.7 Å². The summed E-state index contributed by atoms with van der Waals surface area (Å²) >= 11 is 0. The molecule has 0 saturated heterocycles. The zero-order valence-corrected chi connectivity index (χ0v) is 26.3. The van der Waals surface area contributed by atoms with Crippen LogP contribution in [0.3, 0.4) is 0 Å². The summed E-state index contributed by atoms with van der Waals surface area (Å²) in [4.78, 5) is 0. The molecule has 2 aliphatic carbocycles. The van der Waals surface area contributed by atoms with Crippen molar-refractivity contribution in [3.05, 3.63) is 23.5 Å². The second-order valence-corrected chi connectivity index (χ2v) is 19.6. The highest BCUT2D eigenvalue weighted by Gasteiger charge is 2.52. The first-order chi connectivity index (χ1) is 16.6. The molecule has 0 radical (unpaired) electrons. The highest BCUT2D eigenvalue weighted by atomic mass is 32.2. The predicted octanol–water partition coefficient (Wildman–Crippen LogP) is 9.12. The van der Waals surface area contributed by atoms with Crippen LogP contribution in [0.1, 0.15) is 100 Å². The van der Waals surface area contributed by atoms with E-state index in [0.717, 1.165) is 32.1 Å². The van der Waals surface area contributed by atoms with Crippen LogP contribution in [0.5, 0.6) is 0 Å². The molecule has 37 heavy (non-hydrogen) atoms.